The minimum atomic E-state index is -2.70. The monoisotopic (exact) mass is 433 g/mol. The highest BCUT2D eigenvalue weighted by atomic mass is 19.2. The molecule has 0 aromatic carbocycles. The fourth-order valence-corrected chi connectivity index (χ4v) is 4.67. The zero-order valence-electron chi connectivity index (χ0n) is 16.7. The van der Waals surface area contributed by atoms with Crippen LogP contribution in [0.5, 0.6) is 0 Å². The van der Waals surface area contributed by atoms with Gasteiger partial charge in [-0.3, -0.25) is 9.69 Å². The molecule has 4 aliphatic rings. The van der Waals surface area contributed by atoms with Crippen LogP contribution in [0, 0.1) is 5.92 Å². The van der Waals surface area contributed by atoms with Crippen LogP contribution in [0.4, 0.5) is 8.78 Å². The predicted molar refractivity (Wildman–Crippen MR) is 101 cm³/mol. The van der Waals surface area contributed by atoms with Crippen LogP contribution in [0.15, 0.2) is 47.5 Å². The quantitative estimate of drug-likeness (QED) is 0.552. The number of halogens is 2. The molecule has 5 rings (SSSR count). The third-order valence-electron chi connectivity index (χ3n) is 6.34. The molecule has 3 unspecified atom stereocenters. The van der Waals surface area contributed by atoms with E-state index in [-0.39, 0.29) is 36.6 Å². The summed E-state index contributed by atoms with van der Waals surface area (Å²) in [5.41, 5.74) is -0.271. The first kappa shape index (κ1) is 19.9. The van der Waals surface area contributed by atoms with E-state index in [1.165, 1.54) is 24.4 Å². The maximum absolute atomic E-state index is 16.5. The SMILES string of the molecule is COC1=C2C(C=C(F)C1(F)N1CCC(n3ccnn3)C1)C(=O)C(C(=O)O)=CN2C1CC1. The number of ketones is 1. The van der Waals surface area contributed by atoms with Crippen molar-refractivity contribution in [3.05, 3.63) is 47.5 Å². The number of rotatable bonds is 5. The molecule has 2 aliphatic heterocycles. The van der Waals surface area contributed by atoms with E-state index in [1.54, 1.807) is 15.8 Å². The van der Waals surface area contributed by atoms with Gasteiger partial charge < -0.3 is 14.7 Å². The van der Waals surface area contributed by atoms with Crippen LogP contribution in [0.3, 0.4) is 0 Å². The van der Waals surface area contributed by atoms with Crippen molar-refractivity contribution < 1.29 is 28.2 Å². The second-order valence-corrected chi connectivity index (χ2v) is 8.16. The molecule has 3 atom stereocenters. The Morgan fingerprint density at radius 3 is 2.71 bits per heavy atom. The van der Waals surface area contributed by atoms with Crippen LogP contribution in [0.2, 0.25) is 0 Å². The van der Waals surface area contributed by atoms with Gasteiger partial charge in [0.1, 0.15) is 5.57 Å². The highest BCUT2D eigenvalue weighted by molar-refractivity contribution is 6.19. The molecule has 31 heavy (non-hydrogen) atoms. The molecular weight excluding hydrogens is 412 g/mol. The number of carboxylic acid groups (broad SMARTS) is 1. The van der Waals surface area contributed by atoms with E-state index >= 15 is 8.78 Å². The van der Waals surface area contributed by atoms with Crippen molar-refractivity contribution in [2.45, 2.75) is 37.1 Å². The molecule has 0 spiro atoms. The first-order chi connectivity index (χ1) is 14.9. The van der Waals surface area contributed by atoms with Crippen molar-refractivity contribution >= 4 is 11.8 Å². The Labute approximate surface area is 176 Å². The highest BCUT2D eigenvalue weighted by Gasteiger charge is 2.57. The van der Waals surface area contributed by atoms with Gasteiger partial charge in [0.15, 0.2) is 17.4 Å². The van der Waals surface area contributed by atoms with Gasteiger partial charge in [0, 0.05) is 31.5 Å². The first-order valence-electron chi connectivity index (χ1n) is 10.1. The Kier molecular flexibility index (Phi) is 4.47. The number of alkyl halides is 1. The van der Waals surface area contributed by atoms with Gasteiger partial charge in [-0.15, -0.1) is 5.10 Å². The van der Waals surface area contributed by atoms with Gasteiger partial charge in [0.25, 0.3) is 5.79 Å². The van der Waals surface area contributed by atoms with Gasteiger partial charge in [0.2, 0.25) is 0 Å². The maximum atomic E-state index is 16.5. The molecule has 9 nitrogen and oxygen atoms in total. The third kappa shape index (κ3) is 2.90. The van der Waals surface area contributed by atoms with Gasteiger partial charge >= 0.3 is 5.97 Å². The number of hydrogen-bond donors (Lipinski definition) is 1. The van der Waals surface area contributed by atoms with E-state index in [9.17, 15) is 14.7 Å². The number of Topliss-reactive ketones (excluding diaryl/α,β-unsaturated/α-hetero) is 1. The first-order valence-corrected chi connectivity index (χ1v) is 10.1. The molecule has 1 aromatic heterocycles. The zero-order chi connectivity index (χ0) is 21.9. The van der Waals surface area contributed by atoms with Gasteiger partial charge in [-0.1, -0.05) is 5.21 Å². The lowest BCUT2D eigenvalue weighted by molar-refractivity contribution is -0.135. The molecule has 2 aliphatic carbocycles. The Bertz CT molecular complexity index is 1030. The van der Waals surface area contributed by atoms with Crippen LogP contribution in [0.25, 0.3) is 0 Å². The van der Waals surface area contributed by atoms with Crippen molar-refractivity contribution in [1.82, 2.24) is 24.8 Å². The molecule has 0 amide bonds. The molecule has 164 valence electrons. The average molecular weight is 433 g/mol. The van der Waals surface area contributed by atoms with Crippen LogP contribution >= 0.6 is 0 Å². The number of allylic oxidation sites excluding steroid dienone is 1. The van der Waals surface area contributed by atoms with E-state index in [0.717, 1.165) is 18.9 Å². The number of carbonyl (C=O) groups is 2. The van der Waals surface area contributed by atoms with Crippen LogP contribution in [-0.2, 0) is 14.3 Å². The van der Waals surface area contributed by atoms with Gasteiger partial charge in [-0.2, -0.15) is 0 Å². The lowest BCUT2D eigenvalue weighted by Crippen LogP contribution is -2.52. The number of methoxy groups -OCH3 is 1. The lowest BCUT2D eigenvalue weighted by atomic mass is 9.83. The second-order valence-electron chi connectivity index (χ2n) is 8.16. The minimum absolute atomic E-state index is 0.0783. The summed E-state index contributed by atoms with van der Waals surface area (Å²) in [6, 6.07) is -0.264. The van der Waals surface area contributed by atoms with Crippen molar-refractivity contribution in [3.63, 3.8) is 0 Å². The summed E-state index contributed by atoms with van der Waals surface area (Å²) in [5.74, 6) is -7.60. The Morgan fingerprint density at radius 1 is 1.32 bits per heavy atom. The van der Waals surface area contributed by atoms with E-state index in [1.807, 2.05) is 0 Å². The second kappa shape index (κ2) is 6.98. The topological polar surface area (TPSA) is 101 Å². The molecule has 3 heterocycles. The van der Waals surface area contributed by atoms with E-state index < -0.39 is 34.9 Å². The van der Waals surface area contributed by atoms with Gasteiger partial charge in [0.05, 0.1) is 31.0 Å². The number of carboxylic acids is 1. The van der Waals surface area contributed by atoms with Crippen molar-refractivity contribution in [3.8, 4) is 0 Å². The number of ether oxygens (including phenoxy) is 1. The molecule has 11 heteroatoms. The maximum Gasteiger partial charge on any atom is 0.340 e. The number of fused-ring (bicyclic) bond motifs is 1. The third-order valence-corrected chi connectivity index (χ3v) is 6.34. The Morgan fingerprint density at radius 2 is 2.10 bits per heavy atom. The molecule has 0 bridgehead atoms. The fourth-order valence-electron chi connectivity index (χ4n) is 4.67. The lowest BCUT2D eigenvalue weighted by Gasteiger charge is -2.43. The molecule has 1 saturated carbocycles. The van der Waals surface area contributed by atoms with E-state index in [4.69, 9.17) is 4.74 Å². The van der Waals surface area contributed by atoms with Gasteiger partial charge in [-0.05, 0) is 25.3 Å². The van der Waals surface area contributed by atoms with Crippen LogP contribution in [0.1, 0.15) is 25.3 Å². The fraction of sp³-hybridized carbons (Fsp3) is 0.500. The molecule has 1 aromatic rings. The summed E-state index contributed by atoms with van der Waals surface area (Å²) in [4.78, 5) is 27.3. The molecule has 2 fully saturated rings. The summed E-state index contributed by atoms with van der Waals surface area (Å²) in [5, 5.41) is 17.2. The Balaban J connectivity index is 1.59. The smallest absolute Gasteiger partial charge is 0.340 e. The summed E-state index contributed by atoms with van der Waals surface area (Å²) in [6.45, 7) is 0.403. The van der Waals surface area contributed by atoms with E-state index in [0.29, 0.717) is 6.42 Å². The molecule has 1 saturated heterocycles. The summed E-state index contributed by atoms with van der Waals surface area (Å²) < 4.78 is 38.9. The van der Waals surface area contributed by atoms with Crippen LogP contribution < -0.4 is 0 Å². The highest BCUT2D eigenvalue weighted by Crippen LogP contribution is 2.50. The number of aliphatic carboxylic acids is 1. The normalized spacial score (nSPS) is 31.5. The number of carbonyl (C=O) groups excluding carboxylic acids is 1. The summed E-state index contributed by atoms with van der Waals surface area (Å²) in [6.07, 6.45) is 7.37. The predicted octanol–water partition coefficient (Wildman–Crippen LogP) is 1.55. The number of nitrogens with zero attached hydrogens (tertiary/aromatic N) is 5. The van der Waals surface area contributed by atoms with E-state index in [2.05, 4.69) is 10.3 Å². The standard InChI is InChI=1S/C20H21F2N5O4/c1-31-18-16-13(17(28)14(19(29)30)10-26(16)11-2-3-11)8-15(21)20(18,22)25-6-4-12(9-25)27-7-5-23-24-27/h5,7-8,10-13H,2-4,6,9H2,1H3,(H,29,30). The minimum Gasteiger partial charge on any atom is -0.494 e. The number of aromatic nitrogens is 3. The Hall–Kier alpha value is -3.08. The van der Waals surface area contributed by atoms with Crippen molar-refractivity contribution in [2.75, 3.05) is 20.2 Å². The number of hydrogen-bond acceptors (Lipinski definition) is 7. The molecule has 0 radical (unpaired) electrons. The number of likely N-dealkylation sites (tertiary alicyclic amines) is 1. The average Bonchev–Trinajstić information content (AvgIpc) is 3.22. The molecule has 1 N–H and O–H groups in total. The van der Waals surface area contributed by atoms with Crippen molar-refractivity contribution in [1.29, 1.82) is 0 Å². The summed E-state index contributed by atoms with van der Waals surface area (Å²) >= 11 is 0. The van der Waals surface area contributed by atoms with Crippen molar-refractivity contribution in [2.24, 2.45) is 5.92 Å². The summed E-state index contributed by atoms with van der Waals surface area (Å²) in [7, 11) is 1.24. The molecular formula is C20H21F2N5O4. The van der Waals surface area contributed by atoms with Crippen LogP contribution in [-0.4, -0.2) is 73.7 Å². The largest absolute Gasteiger partial charge is 0.494 e. The zero-order valence-corrected chi connectivity index (χ0v) is 16.7. The van der Waals surface area contributed by atoms with Gasteiger partial charge in [-0.25, -0.2) is 18.3 Å².